The number of fused-ring (bicyclic) bond motifs is 1. The van der Waals surface area contributed by atoms with Gasteiger partial charge in [-0.25, -0.2) is 0 Å². The van der Waals surface area contributed by atoms with Gasteiger partial charge in [-0.1, -0.05) is 23.7 Å². The van der Waals surface area contributed by atoms with Crippen LogP contribution in [0.1, 0.15) is 10.4 Å². The van der Waals surface area contributed by atoms with E-state index in [1.165, 1.54) is 0 Å². The second-order valence-corrected chi connectivity index (χ2v) is 4.86. The summed E-state index contributed by atoms with van der Waals surface area (Å²) in [5, 5.41) is 6.60. The number of amides is 1. The van der Waals surface area contributed by atoms with Gasteiger partial charge in [0, 0.05) is 17.3 Å². The Labute approximate surface area is 121 Å². The normalized spacial score (nSPS) is 12.8. The first kappa shape index (κ1) is 12.8. The standard InChI is InChI=1S/C15H13ClN2O2/c16-10-3-1-4-11(9-10)18-15(19)12-5-2-6-13-14(12)20-8-7-17-13/h1-6,9,17H,7-8H2,(H,18,19). The lowest BCUT2D eigenvalue weighted by atomic mass is 10.1. The second kappa shape index (κ2) is 5.43. The van der Waals surface area contributed by atoms with Gasteiger partial charge in [0.25, 0.3) is 5.91 Å². The molecule has 3 rings (SSSR count). The molecule has 1 heterocycles. The molecule has 0 fully saturated rings. The summed E-state index contributed by atoms with van der Waals surface area (Å²) in [5.41, 5.74) is 2.01. The molecule has 1 aliphatic heterocycles. The van der Waals surface area contributed by atoms with Gasteiger partial charge in [-0.15, -0.1) is 0 Å². The van der Waals surface area contributed by atoms with Crippen LogP contribution in [0.3, 0.4) is 0 Å². The van der Waals surface area contributed by atoms with Gasteiger partial charge in [0.2, 0.25) is 0 Å². The second-order valence-electron chi connectivity index (χ2n) is 4.42. The fourth-order valence-corrected chi connectivity index (χ4v) is 2.30. The van der Waals surface area contributed by atoms with E-state index in [9.17, 15) is 4.79 Å². The summed E-state index contributed by atoms with van der Waals surface area (Å²) in [6.07, 6.45) is 0. The molecule has 20 heavy (non-hydrogen) atoms. The topological polar surface area (TPSA) is 50.4 Å². The van der Waals surface area contributed by atoms with Gasteiger partial charge in [0.05, 0.1) is 11.3 Å². The summed E-state index contributed by atoms with van der Waals surface area (Å²) in [5.74, 6) is 0.381. The average molecular weight is 289 g/mol. The van der Waals surface area contributed by atoms with Crippen molar-refractivity contribution in [3.05, 3.63) is 53.1 Å². The predicted molar refractivity (Wildman–Crippen MR) is 79.8 cm³/mol. The highest BCUT2D eigenvalue weighted by Crippen LogP contribution is 2.31. The van der Waals surface area contributed by atoms with Crippen molar-refractivity contribution < 1.29 is 9.53 Å². The number of rotatable bonds is 2. The molecule has 2 N–H and O–H groups in total. The minimum atomic E-state index is -0.215. The van der Waals surface area contributed by atoms with Gasteiger partial charge in [-0.2, -0.15) is 0 Å². The van der Waals surface area contributed by atoms with Crippen LogP contribution in [0, 0.1) is 0 Å². The van der Waals surface area contributed by atoms with Gasteiger partial charge in [0.15, 0.2) is 5.75 Å². The van der Waals surface area contributed by atoms with E-state index in [-0.39, 0.29) is 5.91 Å². The minimum absolute atomic E-state index is 0.215. The molecule has 0 unspecified atom stereocenters. The van der Waals surface area contributed by atoms with Crippen molar-refractivity contribution in [1.82, 2.24) is 0 Å². The Balaban J connectivity index is 1.88. The summed E-state index contributed by atoms with van der Waals surface area (Å²) < 4.78 is 5.59. The van der Waals surface area contributed by atoms with Crippen molar-refractivity contribution in [3.8, 4) is 5.75 Å². The number of carbonyl (C=O) groups is 1. The van der Waals surface area contributed by atoms with Crippen molar-refractivity contribution >= 4 is 28.9 Å². The summed E-state index contributed by atoms with van der Waals surface area (Å²) >= 11 is 5.90. The number of benzene rings is 2. The average Bonchev–Trinajstić information content (AvgIpc) is 2.46. The number of hydrogen-bond donors (Lipinski definition) is 2. The maximum absolute atomic E-state index is 12.3. The van der Waals surface area contributed by atoms with Crippen LogP contribution in [0.25, 0.3) is 0 Å². The summed E-state index contributed by atoms with van der Waals surface area (Å²) in [4.78, 5) is 12.3. The van der Waals surface area contributed by atoms with E-state index >= 15 is 0 Å². The third-order valence-electron chi connectivity index (χ3n) is 3.01. The Morgan fingerprint density at radius 2 is 2.10 bits per heavy atom. The zero-order valence-electron chi connectivity index (χ0n) is 10.7. The van der Waals surface area contributed by atoms with Crippen molar-refractivity contribution in [2.75, 3.05) is 23.8 Å². The highest BCUT2D eigenvalue weighted by Gasteiger charge is 2.18. The molecule has 0 saturated carbocycles. The summed E-state index contributed by atoms with van der Waals surface area (Å²) in [6.45, 7) is 1.29. The van der Waals surface area contributed by atoms with E-state index in [1.807, 2.05) is 12.1 Å². The van der Waals surface area contributed by atoms with E-state index < -0.39 is 0 Å². The van der Waals surface area contributed by atoms with Gasteiger partial charge >= 0.3 is 0 Å². The number of halogens is 1. The lowest BCUT2D eigenvalue weighted by Gasteiger charge is -2.21. The number of anilines is 2. The maximum atomic E-state index is 12.3. The van der Waals surface area contributed by atoms with Gasteiger partial charge in [0.1, 0.15) is 6.61 Å². The highest BCUT2D eigenvalue weighted by molar-refractivity contribution is 6.31. The molecule has 1 aliphatic rings. The van der Waals surface area contributed by atoms with Crippen molar-refractivity contribution in [2.45, 2.75) is 0 Å². The minimum Gasteiger partial charge on any atom is -0.489 e. The molecule has 2 aromatic rings. The molecule has 102 valence electrons. The third-order valence-corrected chi connectivity index (χ3v) is 3.24. The molecule has 0 aliphatic carbocycles. The van der Waals surface area contributed by atoms with E-state index in [0.29, 0.717) is 28.6 Å². The first-order valence-corrected chi connectivity index (χ1v) is 6.68. The van der Waals surface area contributed by atoms with Crippen molar-refractivity contribution in [1.29, 1.82) is 0 Å². The fourth-order valence-electron chi connectivity index (χ4n) is 2.11. The molecule has 4 nitrogen and oxygen atoms in total. The number of carbonyl (C=O) groups excluding carboxylic acids is 1. The zero-order valence-corrected chi connectivity index (χ0v) is 11.4. The van der Waals surface area contributed by atoms with Crippen LogP contribution < -0.4 is 15.4 Å². The van der Waals surface area contributed by atoms with Crippen LogP contribution in [-0.2, 0) is 0 Å². The molecule has 5 heteroatoms. The Morgan fingerprint density at radius 1 is 1.25 bits per heavy atom. The fraction of sp³-hybridized carbons (Fsp3) is 0.133. The third kappa shape index (κ3) is 2.56. The Hall–Kier alpha value is -2.20. The lowest BCUT2D eigenvalue weighted by Crippen LogP contribution is -2.21. The molecule has 0 radical (unpaired) electrons. The molecule has 0 bridgehead atoms. The SMILES string of the molecule is O=C(Nc1cccc(Cl)c1)c1cccc2c1OCCN2. The molecule has 0 aromatic heterocycles. The highest BCUT2D eigenvalue weighted by atomic mass is 35.5. The number of para-hydroxylation sites is 1. The van der Waals surface area contributed by atoms with Gasteiger partial charge in [-0.05, 0) is 30.3 Å². The van der Waals surface area contributed by atoms with Crippen LogP contribution in [0.15, 0.2) is 42.5 Å². The molecular formula is C15H13ClN2O2. The number of ether oxygens (including phenoxy) is 1. The van der Waals surface area contributed by atoms with Crippen LogP contribution >= 0.6 is 11.6 Å². The van der Waals surface area contributed by atoms with E-state index in [2.05, 4.69) is 10.6 Å². The molecular weight excluding hydrogens is 276 g/mol. The van der Waals surface area contributed by atoms with Crippen LogP contribution in [0.4, 0.5) is 11.4 Å². The largest absolute Gasteiger partial charge is 0.489 e. The van der Waals surface area contributed by atoms with E-state index in [0.717, 1.165) is 12.2 Å². The molecule has 1 amide bonds. The van der Waals surface area contributed by atoms with Crippen LogP contribution in [0.2, 0.25) is 5.02 Å². The first-order chi connectivity index (χ1) is 9.74. The van der Waals surface area contributed by atoms with Gasteiger partial charge < -0.3 is 15.4 Å². The first-order valence-electron chi connectivity index (χ1n) is 6.30. The van der Waals surface area contributed by atoms with E-state index in [4.69, 9.17) is 16.3 Å². The van der Waals surface area contributed by atoms with Crippen LogP contribution in [0.5, 0.6) is 5.75 Å². The molecule has 0 atom stereocenters. The number of hydrogen-bond acceptors (Lipinski definition) is 3. The predicted octanol–water partition coefficient (Wildman–Crippen LogP) is 3.40. The smallest absolute Gasteiger partial charge is 0.259 e. The molecule has 0 spiro atoms. The van der Waals surface area contributed by atoms with Crippen molar-refractivity contribution in [2.24, 2.45) is 0 Å². The Bertz CT molecular complexity index is 658. The maximum Gasteiger partial charge on any atom is 0.259 e. The zero-order chi connectivity index (χ0) is 13.9. The number of nitrogens with one attached hydrogen (secondary N) is 2. The van der Waals surface area contributed by atoms with Gasteiger partial charge in [-0.3, -0.25) is 4.79 Å². The molecule has 0 saturated heterocycles. The lowest BCUT2D eigenvalue weighted by molar-refractivity contribution is 0.102. The summed E-state index contributed by atoms with van der Waals surface area (Å²) in [7, 11) is 0. The quantitative estimate of drug-likeness (QED) is 0.890. The summed E-state index contributed by atoms with van der Waals surface area (Å²) in [6, 6.07) is 12.5. The van der Waals surface area contributed by atoms with E-state index in [1.54, 1.807) is 30.3 Å². The Kier molecular flexibility index (Phi) is 3.48. The monoisotopic (exact) mass is 288 g/mol. The molecule has 2 aromatic carbocycles. The van der Waals surface area contributed by atoms with Crippen LogP contribution in [-0.4, -0.2) is 19.1 Å². The Morgan fingerprint density at radius 3 is 2.95 bits per heavy atom. The van der Waals surface area contributed by atoms with Crippen molar-refractivity contribution in [3.63, 3.8) is 0 Å².